The monoisotopic (exact) mass is 404 g/mol. The highest BCUT2D eigenvalue weighted by atomic mass is 79.9. The molecular formula is C19H25BrN4O. The summed E-state index contributed by atoms with van der Waals surface area (Å²) in [5, 5.41) is 7.53. The Bertz CT molecular complexity index is 754. The van der Waals surface area contributed by atoms with Crippen LogP contribution in [0.15, 0.2) is 45.8 Å². The van der Waals surface area contributed by atoms with E-state index < -0.39 is 0 Å². The second kappa shape index (κ2) is 8.15. The molecule has 2 heterocycles. The van der Waals surface area contributed by atoms with E-state index in [9.17, 15) is 4.79 Å². The molecule has 0 spiro atoms. The quantitative estimate of drug-likeness (QED) is 0.828. The number of halogens is 1. The Kier molecular flexibility index (Phi) is 5.91. The fraction of sp³-hybridized carbons (Fsp3) is 0.474. The van der Waals surface area contributed by atoms with E-state index in [1.165, 1.54) is 23.1 Å². The summed E-state index contributed by atoms with van der Waals surface area (Å²) in [6.07, 6.45) is 4.17. The van der Waals surface area contributed by atoms with Gasteiger partial charge in [0.2, 0.25) is 0 Å². The van der Waals surface area contributed by atoms with E-state index in [0.717, 1.165) is 31.2 Å². The summed E-state index contributed by atoms with van der Waals surface area (Å²) in [6.45, 7) is 5.29. The van der Waals surface area contributed by atoms with Gasteiger partial charge >= 0.3 is 0 Å². The van der Waals surface area contributed by atoms with Gasteiger partial charge in [0.15, 0.2) is 0 Å². The highest BCUT2D eigenvalue weighted by molar-refractivity contribution is 9.10. The first-order valence-corrected chi connectivity index (χ1v) is 9.60. The first kappa shape index (κ1) is 18.1. The van der Waals surface area contributed by atoms with Crippen LogP contribution in [0.4, 0.5) is 5.69 Å². The molecule has 1 fully saturated rings. The van der Waals surface area contributed by atoms with Gasteiger partial charge in [-0.3, -0.25) is 9.69 Å². The highest BCUT2D eigenvalue weighted by Crippen LogP contribution is 2.27. The summed E-state index contributed by atoms with van der Waals surface area (Å²) in [5.74, 6) is 0.802. The van der Waals surface area contributed by atoms with Crippen LogP contribution in [-0.4, -0.2) is 34.3 Å². The number of hydrogen-bond donors (Lipinski definition) is 1. The van der Waals surface area contributed by atoms with Crippen LogP contribution < -0.4 is 10.9 Å². The van der Waals surface area contributed by atoms with Crippen molar-refractivity contribution in [1.82, 2.24) is 14.7 Å². The molecule has 1 unspecified atom stereocenters. The Hall–Kier alpha value is -1.66. The minimum atomic E-state index is -0.131. The largest absolute Gasteiger partial charge is 0.381 e. The summed E-state index contributed by atoms with van der Waals surface area (Å²) in [5.41, 5.74) is 1.92. The molecule has 25 heavy (non-hydrogen) atoms. The zero-order chi connectivity index (χ0) is 17.8. The van der Waals surface area contributed by atoms with Crippen molar-refractivity contribution in [3.05, 3.63) is 56.9 Å². The van der Waals surface area contributed by atoms with E-state index in [4.69, 9.17) is 0 Å². The first-order chi connectivity index (χ1) is 12.1. The third-order valence-electron chi connectivity index (χ3n) is 5.01. The third kappa shape index (κ3) is 4.30. The number of anilines is 1. The molecule has 1 N–H and O–H groups in total. The first-order valence-electron chi connectivity index (χ1n) is 8.81. The summed E-state index contributed by atoms with van der Waals surface area (Å²) < 4.78 is 1.86. The number of nitrogens with zero attached hydrogens (tertiary/aromatic N) is 3. The van der Waals surface area contributed by atoms with Crippen molar-refractivity contribution in [2.24, 2.45) is 13.0 Å². The van der Waals surface area contributed by atoms with E-state index >= 15 is 0 Å². The van der Waals surface area contributed by atoms with Gasteiger partial charge in [-0.05, 0) is 53.3 Å². The maximum Gasteiger partial charge on any atom is 0.282 e. The zero-order valence-electron chi connectivity index (χ0n) is 14.8. The molecule has 6 heteroatoms. The minimum Gasteiger partial charge on any atom is -0.381 e. The molecule has 134 valence electrons. The van der Waals surface area contributed by atoms with Crippen LogP contribution in [0, 0.1) is 5.92 Å². The Morgan fingerprint density at radius 3 is 2.64 bits per heavy atom. The average molecular weight is 405 g/mol. The van der Waals surface area contributed by atoms with Crippen molar-refractivity contribution in [2.45, 2.75) is 25.8 Å². The Labute approximate surface area is 157 Å². The molecule has 1 saturated heterocycles. The van der Waals surface area contributed by atoms with E-state index in [1.807, 2.05) is 6.07 Å². The van der Waals surface area contributed by atoms with Gasteiger partial charge in [0.05, 0.1) is 17.9 Å². The molecule has 1 atom stereocenters. The van der Waals surface area contributed by atoms with Crippen LogP contribution in [0.25, 0.3) is 0 Å². The number of rotatable bonds is 5. The van der Waals surface area contributed by atoms with Gasteiger partial charge in [0, 0.05) is 13.6 Å². The van der Waals surface area contributed by atoms with Crippen LogP contribution in [-0.2, 0) is 7.05 Å². The van der Waals surface area contributed by atoms with Crippen LogP contribution in [0.3, 0.4) is 0 Å². The van der Waals surface area contributed by atoms with Gasteiger partial charge in [-0.1, -0.05) is 37.3 Å². The summed E-state index contributed by atoms with van der Waals surface area (Å²) in [7, 11) is 1.65. The number of aryl methyl sites for hydroxylation is 1. The minimum absolute atomic E-state index is 0.131. The summed E-state index contributed by atoms with van der Waals surface area (Å²) in [4.78, 5) is 14.6. The average Bonchev–Trinajstić information content (AvgIpc) is 2.64. The molecule has 0 radical (unpaired) electrons. The van der Waals surface area contributed by atoms with Crippen LogP contribution >= 0.6 is 15.9 Å². The predicted octanol–water partition coefficient (Wildman–Crippen LogP) is 3.43. The topological polar surface area (TPSA) is 50.2 Å². The van der Waals surface area contributed by atoms with Gasteiger partial charge in [-0.15, -0.1) is 0 Å². The summed E-state index contributed by atoms with van der Waals surface area (Å²) >= 11 is 3.39. The molecule has 0 bridgehead atoms. The Balaban J connectivity index is 1.79. The van der Waals surface area contributed by atoms with Crippen LogP contribution in [0.2, 0.25) is 0 Å². The fourth-order valence-electron chi connectivity index (χ4n) is 3.31. The molecule has 0 amide bonds. The standard InChI is InChI=1S/C19H25BrN4O/c1-14-8-10-24(11-9-14)17(15-6-4-3-5-7-15)13-21-16-12-22-23(2)19(25)18(16)20/h3-7,12,14,17,21H,8-11,13H2,1-2H3. The predicted molar refractivity (Wildman–Crippen MR) is 105 cm³/mol. The third-order valence-corrected chi connectivity index (χ3v) is 5.77. The molecule has 1 aromatic carbocycles. The lowest BCUT2D eigenvalue weighted by atomic mass is 9.95. The van der Waals surface area contributed by atoms with Gasteiger partial charge in [0.25, 0.3) is 5.56 Å². The van der Waals surface area contributed by atoms with Crippen molar-refractivity contribution in [3.63, 3.8) is 0 Å². The van der Waals surface area contributed by atoms with Crippen molar-refractivity contribution >= 4 is 21.6 Å². The number of nitrogens with one attached hydrogen (secondary N) is 1. The highest BCUT2D eigenvalue weighted by Gasteiger charge is 2.24. The number of likely N-dealkylation sites (tertiary alicyclic amines) is 1. The number of hydrogen-bond acceptors (Lipinski definition) is 4. The van der Waals surface area contributed by atoms with Crippen LogP contribution in [0.1, 0.15) is 31.4 Å². The maximum atomic E-state index is 12.0. The number of piperidine rings is 1. The lowest BCUT2D eigenvalue weighted by Crippen LogP contribution is -2.39. The Morgan fingerprint density at radius 2 is 1.96 bits per heavy atom. The fourth-order valence-corrected chi connectivity index (χ4v) is 3.81. The molecule has 0 saturated carbocycles. The van der Waals surface area contributed by atoms with Crippen molar-refractivity contribution in [1.29, 1.82) is 0 Å². The number of benzene rings is 1. The molecule has 2 aromatic rings. The molecule has 1 aliphatic heterocycles. The maximum absolute atomic E-state index is 12.0. The molecule has 1 aromatic heterocycles. The molecular weight excluding hydrogens is 380 g/mol. The Morgan fingerprint density at radius 1 is 1.28 bits per heavy atom. The van der Waals surface area contributed by atoms with Gasteiger partial charge in [-0.25, -0.2) is 4.68 Å². The normalized spacial score (nSPS) is 17.4. The molecule has 3 rings (SSSR count). The molecule has 1 aliphatic rings. The van der Waals surface area contributed by atoms with Crippen molar-refractivity contribution in [3.8, 4) is 0 Å². The molecule has 0 aliphatic carbocycles. The van der Waals surface area contributed by atoms with E-state index in [-0.39, 0.29) is 11.6 Å². The zero-order valence-corrected chi connectivity index (χ0v) is 16.4. The van der Waals surface area contributed by atoms with Gasteiger partial charge < -0.3 is 5.32 Å². The van der Waals surface area contributed by atoms with Crippen molar-refractivity contribution in [2.75, 3.05) is 25.0 Å². The van der Waals surface area contributed by atoms with E-state index in [0.29, 0.717) is 4.47 Å². The second-order valence-electron chi connectivity index (χ2n) is 6.83. The lowest BCUT2D eigenvalue weighted by molar-refractivity contribution is 0.143. The summed E-state index contributed by atoms with van der Waals surface area (Å²) in [6, 6.07) is 10.9. The second-order valence-corrected chi connectivity index (χ2v) is 7.62. The van der Waals surface area contributed by atoms with Crippen LogP contribution in [0.5, 0.6) is 0 Å². The van der Waals surface area contributed by atoms with Gasteiger partial charge in [0.1, 0.15) is 4.47 Å². The lowest BCUT2D eigenvalue weighted by Gasteiger charge is -2.37. The van der Waals surface area contributed by atoms with E-state index in [2.05, 4.69) is 62.4 Å². The van der Waals surface area contributed by atoms with Gasteiger partial charge in [-0.2, -0.15) is 5.10 Å². The molecule has 5 nitrogen and oxygen atoms in total. The SMILES string of the molecule is CC1CCN(C(CNc2cnn(C)c(=O)c2Br)c2ccccc2)CC1. The number of aromatic nitrogens is 2. The van der Waals surface area contributed by atoms with Crippen molar-refractivity contribution < 1.29 is 0 Å². The smallest absolute Gasteiger partial charge is 0.282 e. The van der Waals surface area contributed by atoms with E-state index in [1.54, 1.807) is 13.2 Å².